The summed E-state index contributed by atoms with van der Waals surface area (Å²) in [7, 11) is 0. The molecule has 0 spiro atoms. The molecule has 0 aliphatic heterocycles. The highest BCUT2D eigenvalue weighted by Gasteiger charge is 2.37. The van der Waals surface area contributed by atoms with Crippen molar-refractivity contribution < 1.29 is 9.90 Å². The second kappa shape index (κ2) is 4.72. The monoisotopic (exact) mass is 292 g/mol. The smallest absolute Gasteiger partial charge is 0.312 e. The molecule has 1 aromatic heterocycles. The normalized spacial score (nSPS) is 25.3. The van der Waals surface area contributed by atoms with Gasteiger partial charge >= 0.3 is 5.97 Å². The fraction of sp³-hybridized carbons (Fsp3) is 0.733. The fourth-order valence-corrected chi connectivity index (χ4v) is 4.36. The molecule has 1 unspecified atom stereocenters. The highest BCUT2D eigenvalue weighted by atomic mass is 32.1. The Hall–Kier alpha value is -1.10. The third-order valence-electron chi connectivity index (χ3n) is 4.63. The Balaban J connectivity index is 1.63. The number of aliphatic carboxylic acids is 1. The fourth-order valence-electron chi connectivity index (χ4n) is 3.12. The summed E-state index contributed by atoms with van der Waals surface area (Å²) in [6.07, 6.45) is 8.00. The molecule has 1 atom stereocenters. The van der Waals surface area contributed by atoms with Crippen molar-refractivity contribution >= 4 is 22.4 Å². The third kappa shape index (κ3) is 2.32. The van der Waals surface area contributed by atoms with Crippen LogP contribution >= 0.6 is 11.3 Å². The number of hydrogen-bond donors (Lipinski definition) is 1. The van der Waals surface area contributed by atoms with E-state index in [-0.39, 0.29) is 5.92 Å². The third-order valence-corrected chi connectivity index (χ3v) is 5.79. The first-order valence-corrected chi connectivity index (χ1v) is 8.53. The van der Waals surface area contributed by atoms with Crippen LogP contribution in [-0.2, 0) is 11.2 Å². The number of carbonyl (C=O) groups is 1. The molecule has 1 heterocycles. The minimum absolute atomic E-state index is 0.370. The Kier molecular flexibility index (Phi) is 2.98. The van der Waals surface area contributed by atoms with Gasteiger partial charge in [-0.3, -0.25) is 4.79 Å². The van der Waals surface area contributed by atoms with Gasteiger partial charge in [-0.05, 0) is 50.9 Å². The van der Waals surface area contributed by atoms with Crippen LogP contribution in [0, 0.1) is 5.92 Å². The zero-order valence-corrected chi connectivity index (χ0v) is 12.4. The maximum Gasteiger partial charge on any atom is 0.312 e. The molecule has 0 amide bonds. The van der Waals surface area contributed by atoms with Gasteiger partial charge in [-0.2, -0.15) is 0 Å². The number of thiazole rings is 1. The van der Waals surface area contributed by atoms with E-state index in [0.29, 0.717) is 6.04 Å². The highest BCUT2D eigenvalue weighted by molar-refractivity contribution is 7.15. The molecule has 0 radical (unpaired) electrons. The molecule has 4 nitrogen and oxygen atoms in total. The van der Waals surface area contributed by atoms with Crippen LogP contribution in [0.25, 0.3) is 0 Å². The van der Waals surface area contributed by atoms with Crippen LogP contribution in [0.2, 0.25) is 0 Å². The van der Waals surface area contributed by atoms with Gasteiger partial charge in [0.15, 0.2) is 5.13 Å². The zero-order chi connectivity index (χ0) is 13.7. The van der Waals surface area contributed by atoms with Crippen LogP contribution in [0.15, 0.2) is 0 Å². The first-order chi connectivity index (χ1) is 9.72. The number of carboxylic acids is 1. The number of hydrogen-bond acceptors (Lipinski definition) is 4. The van der Waals surface area contributed by atoms with E-state index in [9.17, 15) is 9.90 Å². The van der Waals surface area contributed by atoms with Crippen LogP contribution in [0.4, 0.5) is 5.13 Å². The topological polar surface area (TPSA) is 53.4 Å². The lowest BCUT2D eigenvalue weighted by molar-refractivity contribution is -0.139. The summed E-state index contributed by atoms with van der Waals surface area (Å²) < 4.78 is 0. The van der Waals surface area contributed by atoms with Gasteiger partial charge in [0.2, 0.25) is 0 Å². The number of aryl methyl sites for hydroxylation is 1. The first kappa shape index (κ1) is 12.6. The van der Waals surface area contributed by atoms with E-state index in [0.717, 1.165) is 42.6 Å². The summed E-state index contributed by atoms with van der Waals surface area (Å²) in [5.74, 6) is -0.222. The van der Waals surface area contributed by atoms with Gasteiger partial charge in [0.25, 0.3) is 0 Å². The molecule has 0 aromatic carbocycles. The van der Waals surface area contributed by atoms with Crippen molar-refractivity contribution in [3.8, 4) is 0 Å². The maximum atomic E-state index is 11.4. The molecule has 5 heteroatoms. The predicted octanol–water partition coefficient (Wildman–Crippen LogP) is 3.03. The van der Waals surface area contributed by atoms with Gasteiger partial charge in [-0.1, -0.05) is 0 Å². The lowest BCUT2D eigenvalue weighted by Gasteiger charge is -2.21. The number of aromatic nitrogens is 1. The molecule has 0 bridgehead atoms. The number of rotatable bonds is 5. The van der Waals surface area contributed by atoms with Crippen molar-refractivity contribution in [3.63, 3.8) is 0 Å². The maximum absolute atomic E-state index is 11.4. The van der Waals surface area contributed by atoms with Gasteiger partial charge in [0.1, 0.15) is 5.92 Å². The molecule has 3 aliphatic carbocycles. The summed E-state index contributed by atoms with van der Waals surface area (Å²) in [4.78, 5) is 19.8. The lowest BCUT2D eigenvalue weighted by Crippen LogP contribution is -2.28. The Morgan fingerprint density at radius 2 is 2.10 bits per heavy atom. The Bertz CT molecular complexity index is 534. The van der Waals surface area contributed by atoms with Crippen molar-refractivity contribution in [2.45, 2.75) is 56.9 Å². The van der Waals surface area contributed by atoms with Gasteiger partial charge in [0.05, 0.1) is 5.69 Å². The van der Waals surface area contributed by atoms with E-state index in [1.807, 2.05) is 0 Å². The molecular weight excluding hydrogens is 272 g/mol. The lowest BCUT2D eigenvalue weighted by atomic mass is 9.91. The molecular formula is C15H20N2O2S. The summed E-state index contributed by atoms with van der Waals surface area (Å²) >= 11 is 1.75. The molecule has 2 saturated carbocycles. The minimum Gasteiger partial charge on any atom is -0.481 e. The van der Waals surface area contributed by atoms with Crippen LogP contribution in [0.1, 0.15) is 55.0 Å². The standard InChI is InChI=1S/C15H20N2O2S/c18-14(19)11-2-1-3-12-13(11)16-15(20-12)17(10-6-7-10)8-9-4-5-9/h9-11H,1-8H2,(H,18,19). The van der Waals surface area contributed by atoms with Crippen LogP contribution in [0.3, 0.4) is 0 Å². The molecule has 2 fully saturated rings. The Labute approximate surface area is 122 Å². The Morgan fingerprint density at radius 3 is 2.75 bits per heavy atom. The summed E-state index contributed by atoms with van der Waals surface area (Å²) in [5.41, 5.74) is 0.866. The van der Waals surface area contributed by atoms with Gasteiger partial charge in [-0.15, -0.1) is 11.3 Å². The van der Waals surface area contributed by atoms with Crippen molar-refractivity contribution in [3.05, 3.63) is 10.6 Å². The molecule has 3 aliphatic rings. The van der Waals surface area contributed by atoms with Crippen LogP contribution in [0.5, 0.6) is 0 Å². The molecule has 0 saturated heterocycles. The van der Waals surface area contributed by atoms with E-state index >= 15 is 0 Å². The van der Waals surface area contributed by atoms with Crippen molar-refractivity contribution in [1.82, 2.24) is 4.98 Å². The second-order valence-electron chi connectivity index (χ2n) is 6.41. The highest BCUT2D eigenvalue weighted by Crippen LogP contribution is 2.43. The molecule has 4 rings (SSSR count). The number of fused-ring (bicyclic) bond motifs is 1. The van der Waals surface area contributed by atoms with Crippen LogP contribution < -0.4 is 4.90 Å². The van der Waals surface area contributed by atoms with Crippen molar-refractivity contribution in [2.24, 2.45) is 5.92 Å². The second-order valence-corrected chi connectivity index (χ2v) is 7.48. The largest absolute Gasteiger partial charge is 0.481 e. The molecule has 108 valence electrons. The van der Waals surface area contributed by atoms with E-state index in [4.69, 9.17) is 4.98 Å². The zero-order valence-electron chi connectivity index (χ0n) is 11.5. The first-order valence-electron chi connectivity index (χ1n) is 7.71. The van der Waals surface area contributed by atoms with E-state index in [1.54, 1.807) is 11.3 Å². The van der Waals surface area contributed by atoms with Crippen molar-refractivity contribution in [1.29, 1.82) is 0 Å². The Morgan fingerprint density at radius 1 is 1.30 bits per heavy atom. The average molecular weight is 292 g/mol. The van der Waals surface area contributed by atoms with E-state index in [2.05, 4.69) is 4.90 Å². The minimum atomic E-state index is -0.706. The molecule has 1 N–H and O–H groups in total. The quantitative estimate of drug-likeness (QED) is 0.906. The average Bonchev–Trinajstić information content (AvgIpc) is 3.32. The summed E-state index contributed by atoms with van der Waals surface area (Å²) in [6.45, 7) is 1.13. The van der Waals surface area contributed by atoms with E-state index < -0.39 is 5.97 Å². The number of carboxylic acid groups (broad SMARTS) is 1. The van der Waals surface area contributed by atoms with Gasteiger partial charge in [0, 0.05) is 17.5 Å². The predicted molar refractivity (Wildman–Crippen MR) is 78.5 cm³/mol. The number of nitrogens with zero attached hydrogens (tertiary/aromatic N) is 2. The van der Waals surface area contributed by atoms with Gasteiger partial charge in [-0.25, -0.2) is 4.98 Å². The molecule has 1 aromatic rings. The SMILES string of the molecule is O=C(O)C1CCCc2sc(N(CC3CC3)C3CC3)nc21. The van der Waals surface area contributed by atoms with E-state index in [1.165, 1.54) is 30.6 Å². The van der Waals surface area contributed by atoms with Gasteiger partial charge < -0.3 is 10.0 Å². The summed E-state index contributed by atoms with van der Waals surface area (Å²) in [5, 5.41) is 10.5. The number of anilines is 1. The molecule has 20 heavy (non-hydrogen) atoms. The van der Waals surface area contributed by atoms with Crippen LogP contribution in [-0.4, -0.2) is 28.6 Å². The summed E-state index contributed by atoms with van der Waals surface area (Å²) in [6, 6.07) is 0.673. The van der Waals surface area contributed by atoms with Crippen molar-refractivity contribution in [2.75, 3.05) is 11.4 Å².